The van der Waals surface area contributed by atoms with Crippen LogP contribution in [0.5, 0.6) is 5.75 Å². The van der Waals surface area contributed by atoms with Crippen LogP contribution in [0.15, 0.2) is 18.2 Å². The third-order valence-corrected chi connectivity index (χ3v) is 11.4. The first-order valence-electron chi connectivity index (χ1n) is 14.8. The first-order chi connectivity index (χ1) is 21.9. The molecule has 2 aromatic heterocycles. The summed E-state index contributed by atoms with van der Waals surface area (Å²) in [5.41, 5.74) is 0.583. The van der Waals surface area contributed by atoms with Gasteiger partial charge in [0.1, 0.15) is 17.1 Å². The van der Waals surface area contributed by atoms with Crippen molar-refractivity contribution in [3.05, 3.63) is 24.0 Å². The maximum Gasteiger partial charge on any atom is 0.296 e. The van der Waals surface area contributed by atoms with E-state index >= 15 is 0 Å². The van der Waals surface area contributed by atoms with Crippen LogP contribution in [0, 0.1) is 0 Å². The molecular weight excluding hydrogens is 650 g/mol. The fourth-order valence-electron chi connectivity index (χ4n) is 5.77. The van der Waals surface area contributed by atoms with E-state index in [1.165, 1.54) is 20.3 Å². The number of rotatable bonds is 9. The van der Waals surface area contributed by atoms with E-state index in [0.717, 1.165) is 6.26 Å². The van der Waals surface area contributed by atoms with Crippen molar-refractivity contribution in [2.75, 3.05) is 108 Å². The van der Waals surface area contributed by atoms with Crippen LogP contribution in [0.1, 0.15) is 12.2 Å². The van der Waals surface area contributed by atoms with Crippen molar-refractivity contribution in [2.24, 2.45) is 0 Å². The summed E-state index contributed by atoms with van der Waals surface area (Å²) in [5, 5.41) is 0. The van der Waals surface area contributed by atoms with Gasteiger partial charge in [0.05, 0.1) is 32.1 Å². The molecule has 46 heavy (non-hydrogen) atoms. The summed E-state index contributed by atoms with van der Waals surface area (Å²) in [7, 11) is -5.56. The Balaban J connectivity index is 1.25. The number of ether oxygens (including phenoxy) is 2. The number of nitrogens with zero attached hydrogens (tertiary/aromatic N) is 10. The zero-order valence-corrected chi connectivity index (χ0v) is 27.1. The molecule has 0 aliphatic carbocycles. The largest absolute Gasteiger partial charge is 0.494 e. The van der Waals surface area contributed by atoms with Gasteiger partial charge in [-0.3, -0.25) is 9.47 Å². The van der Waals surface area contributed by atoms with Crippen molar-refractivity contribution in [2.45, 2.75) is 6.43 Å². The number of imidazole rings is 1. The lowest BCUT2D eigenvalue weighted by atomic mass is 10.3. The SMILES string of the molecule is COc1cccc2c1nc(C(F)F)n2-c1nc(N2CCOCC2)nc(N2CCN(S(=O)(=O)CN3CCN(S(C)(=O)=O)CC3)CC2)n1. The predicted octanol–water partition coefficient (Wildman–Crippen LogP) is -0.0202. The Morgan fingerprint density at radius 3 is 1.98 bits per heavy atom. The minimum atomic E-state index is -3.67. The van der Waals surface area contributed by atoms with Crippen molar-refractivity contribution in [1.29, 1.82) is 0 Å². The second-order valence-corrected chi connectivity index (χ2v) is 15.1. The quantitative estimate of drug-likeness (QED) is 0.296. The Morgan fingerprint density at radius 1 is 0.804 bits per heavy atom. The van der Waals surface area contributed by atoms with Crippen LogP contribution in [0.3, 0.4) is 0 Å². The van der Waals surface area contributed by atoms with Crippen LogP contribution < -0.4 is 14.5 Å². The van der Waals surface area contributed by atoms with Crippen LogP contribution >= 0.6 is 0 Å². The number of halogens is 2. The Kier molecular flexibility index (Phi) is 9.27. The molecule has 5 heterocycles. The topological polar surface area (TPSA) is 159 Å². The maximum atomic E-state index is 14.4. The molecule has 3 saturated heterocycles. The maximum absolute atomic E-state index is 14.4. The molecule has 3 aliphatic rings. The smallest absolute Gasteiger partial charge is 0.296 e. The molecule has 0 spiro atoms. The predicted molar refractivity (Wildman–Crippen MR) is 165 cm³/mol. The van der Waals surface area contributed by atoms with Gasteiger partial charge >= 0.3 is 0 Å². The number of morpholine rings is 1. The highest BCUT2D eigenvalue weighted by atomic mass is 32.2. The van der Waals surface area contributed by atoms with Crippen molar-refractivity contribution in [3.63, 3.8) is 0 Å². The van der Waals surface area contributed by atoms with Crippen LogP contribution in [0.2, 0.25) is 0 Å². The molecule has 1 aromatic carbocycles. The summed E-state index contributed by atoms with van der Waals surface area (Å²) in [5.74, 6) is 0.0472. The molecule has 0 amide bonds. The van der Waals surface area contributed by atoms with Crippen molar-refractivity contribution in [1.82, 2.24) is 38.0 Å². The second-order valence-electron chi connectivity index (χ2n) is 11.2. The van der Waals surface area contributed by atoms with Gasteiger partial charge in [-0.05, 0) is 12.1 Å². The molecule has 3 aliphatic heterocycles. The molecule has 0 N–H and O–H groups in total. The lowest BCUT2D eigenvalue weighted by Gasteiger charge is -2.37. The molecule has 3 aromatic rings. The molecule has 0 saturated carbocycles. The Morgan fingerprint density at radius 2 is 1.39 bits per heavy atom. The Bertz CT molecular complexity index is 1770. The molecule has 16 nitrogen and oxygen atoms in total. The van der Waals surface area contributed by atoms with Crippen LogP contribution in [-0.4, -0.2) is 153 Å². The zero-order chi connectivity index (χ0) is 32.6. The van der Waals surface area contributed by atoms with E-state index in [2.05, 4.69) is 19.9 Å². The van der Waals surface area contributed by atoms with E-state index in [0.29, 0.717) is 50.7 Å². The van der Waals surface area contributed by atoms with E-state index < -0.39 is 32.3 Å². The van der Waals surface area contributed by atoms with Crippen molar-refractivity contribution in [3.8, 4) is 11.7 Å². The number of fused-ring (bicyclic) bond motifs is 1. The number of sulfonamides is 2. The molecule has 0 bridgehead atoms. The lowest BCUT2D eigenvalue weighted by molar-refractivity contribution is 0.122. The van der Waals surface area contributed by atoms with Gasteiger partial charge in [-0.2, -0.15) is 23.6 Å². The average Bonchev–Trinajstić information content (AvgIpc) is 3.45. The number of aromatic nitrogens is 5. The van der Waals surface area contributed by atoms with E-state index in [4.69, 9.17) is 9.47 Å². The van der Waals surface area contributed by atoms with E-state index in [1.807, 2.05) is 9.80 Å². The molecule has 0 unspecified atom stereocenters. The highest BCUT2D eigenvalue weighted by molar-refractivity contribution is 7.89. The first kappa shape index (κ1) is 32.6. The molecule has 6 rings (SSSR count). The summed E-state index contributed by atoms with van der Waals surface area (Å²) in [6.07, 6.45) is -1.79. The molecular formula is C26H36F2N10O6S2. The van der Waals surface area contributed by atoms with E-state index in [-0.39, 0.29) is 68.5 Å². The second kappa shape index (κ2) is 13.1. The van der Waals surface area contributed by atoms with Gasteiger partial charge in [0, 0.05) is 65.4 Å². The fraction of sp³-hybridized carbons (Fsp3) is 0.615. The van der Waals surface area contributed by atoms with Gasteiger partial charge in [-0.1, -0.05) is 6.07 Å². The standard InChI is InChI=1S/C26H36F2N10O6S2/c1-43-20-5-3-4-19-21(20)29-23(22(27)28)38(19)26-31-24(30-25(32-26)35-14-16-44-17-15-35)34-8-12-37(13-9-34)46(41,42)18-33-6-10-36(11-7-33)45(2,39)40/h3-5,22H,6-18H2,1-2H3. The number of para-hydroxylation sites is 1. The van der Waals surface area contributed by atoms with Gasteiger partial charge in [-0.15, -0.1) is 0 Å². The minimum Gasteiger partial charge on any atom is -0.494 e. The van der Waals surface area contributed by atoms with Gasteiger partial charge in [0.25, 0.3) is 6.43 Å². The molecule has 3 fully saturated rings. The first-order valence-corrected chi connectivity index (χ1v) is 18.2. The van der Waals surface area contributed by atoms with Crippen LogP contribution in [0.25, 0.3) is 17.0 Å². The molecule has 0 atom stereocenters. The van der Waals surface area contributed by atoms with E-state index in [1.54, 1.807) is 23.1 Å². The summed E-state index contributed by atoms with van der Waals surface area (Å²) in [6, 6.07) is 4.94. The number of methoxy groups -OCH3 is 1. The number of anilines is 2. The number of benzene rings is 1. The van der Waals surface area contributed by atoms with Gasteiger partial charge in [-0.25, -0.2) is 30.6 Å². The third kappa shape index (κ3) is 6.72. The third-order valence-electron chi connectivity index (χ3n) is 8.24. The fourth-order valence-corrected chi connectivity index (χ4v) is 8.20. The Hall–Kier alpha value is -3.30. The number of piperazine rings is 2. The monoisotopic (exact) mass is 686 g/mol. The van der Waals surface area contributed by atoms with Crippen LogP contribution in [0.4, 0.5) is 20.7 Å². The number of alkyl halides is 2. The highest BCUT2D eigenvalue weighted by Gasteiger charge is 2.33. The van der Waals surface area contributed by atoms with Gasteiger partial charge < -0.3 is 19.3 Å². The Labute approximate surface area is 265 Å². The van der Waals surface area contributed by atoms with Gasteiger partial charge in [0.2, 0.25) is 37.9 Å². The summed E-state index contributed by atoms with van der Waals surface area (Å²) >= 11 is 0. The van der Waals surface area contributed by atoms with Crippen molar-refractivity contribution < 1.29 is 35.1 Å². The van der Waals surface area contributed by atoms with Crippen molar-refractivity contribution >= 4 is 43.0 Å². The van der Waals surface area contributed by atoms with Crippen LogP contribution in [-0.2, 0) is 24.8 Å². The van der Waals surface area contributed by atoms with Gasteiger partial charge in [0.15, 0.2) is 5.82 Å². The average molecular weight is 687 g/mol. The zero-order valence-electron chi connectivity index (χ0n) is 25.5. The molecule has 252 valence electrons. The summed E-state index contributed by atoms with van der Waals surface area (Å²) in [6.45, 7) is 3.83. The number of hydrogen-bond acceptors (Lipinski definition) is 13. The highest BCUT2D eigenvalue weighted by Crippen LogP contribution is 2.32. The van der Waals surface area contributed by atoms with E-state index in [9.17, 15) is 25.6 Å². The molecule has 0 radical (unpaired) electrons. The molecule has 20 heteroatoms. The lowest BCUT2D eigenvalue weighted by Crippen LogP contribution is -2.54. The summed E-state index contributed by atoms with van der Waals surface area (Å²) in [4.78, 5) is 23.5. The minimum absolute atomic E-state index is 0.0409. The number of hydrogen-bond donors (Lipinski definition) is 0. The summed E-state index contributed by atoms with van der Waals surface area (Å²) < 4.78 is 93.8. The normalized spacial score (nSPS) is 19.8.